The molecule has 1 amide bonds. The first-order valence-corrected chi connectivity index (χ1v) is 11.2. The molecule has 1 aliphatic rings. The van der Waals surface area contributed by atoms with E-state index in [1.807, 2.05) is 0 Å². The number of primary amides is 1. The molecule has 0 fully saturated rings. The minimum atomic E-state index is -4.67. The number of hydrogen-bond donors (Lipinski definition) is 1. The molecule has 0 saturated carbocycles. The number of ketones is 1. The van der Waals surface area contributed by atoms with E-state index in [1.165, 1.54) is 31.5 Å². The van der Waals surface area contributed by atoms with Gasteiger partial charge in [0.05, 0.1) is 30.0 Å². The molecule has 0 saturated heterocycles. The van der Waals surface area contributed by atoms with Crippen LogP contribution in [0.4, 0.5) is 13.2 Å². The van der Waals surface area contributed by atoms with Crippen molar-refractivity contribution in [1.82, 2.24) is 4.57 Å². The lowest BCUT2D eigenvalue weighted by Gasteiger charge is -2.21. The molecule has 2 N–H and O–H groups in total. The zero-order valence-electron chi connectivity index (χ0n) is 20.1. The number of aromatic nitrogens is 1. The third-order valence-corrected chi connectivity index (χ3v) is 6.14. The molecule has 1 aliphatic carbocycles. The van der Waals surface area contributed by atoms with Gasteiger partial charge in [-0.1, -0.05) is 6.92 Å². The van der Waals surface area contributed by atoms with E-state index in [1.54, 1.807) is 29.7 Å². The molecule has 11 heteroatoms. The molecule has 8 nitrogen and oxygen atoms in total. The number of halogens is 3. The van der Waals surface area contributed by atoms with Crippen molar-refractivity contribution in [3.05, 3.63) is 82.2 Å². The van der Waals surface area contributed by atoms with Crippen LogP contribution in [0.5, 0.6) is 11.5 Å². The molecule has 194 valence electrons. The van der Waals surface area contributed by atoms with Crippen molar-refractivity contribution >= 4 is 23.7 Å². The Morgan fingerprint density at radius 3 is 2.34 bits per heavy atom. The lowest BCUT2D eigenvalue weighted by atomic mass is 9.85. The number of amides is 1. The second-order valence-electron chi connectivity index (χ2n) is 8.58. The van der Waals surface area contributed by atoms with Crippen LogP contribution in [0.2, 0.25) is 0 Å². The molecule has 1 atom stereocenters. The van der Waals surface area contributed by atoms with Gasteiger partial charge in [-0.2, -0.15) is 18.4 Å². The highest BCUT2D eigenvalue weighted by Crippen LogP contribution is 2.36. The number of fused-ring (bicyclic) bond motifs is 1. The fourth-order valence-corrected chi connectivity index (χ4v) is 4.29. The Labute approximate surface area is 214 Å². The average Bonchev–Trinajstić information content (AvgIpc) is 3.24. The Hall–Kier alpha value is -4.85. The van der Waals surface area contributed by atoms with Crippen LogP contribution in [0.15, 0.2) is 54.2 Å². The molecule has 0 spiro atoms. The predicted molar refractivity (Wildman–Crippen MR) is 128 cm³/mol. The van der Waals surface area contributed by atoms with Gasteiger partial charge in [-0.25, -0.2) is 4.79 Å². The van der Waals surface area contributed by atoms with Crippen LogP contribution >= 0.6 is 0 Å². The lowest BCUT2D eigenvalue weighted by molar-refractivity contribution is -0.138. The normalized spacial score (nSPS) is 14.6. The maximum Gasteiger partial charge on any atom is 0.417 e. The van der Waals surface area contributed by atoms with Gasteiger partial charge in [0.1, 0.15) is 11.5 Å². The molecule has 1 unspecified atom stereocenters. The van der Waals surface area contributed by atoms with E-state index >= 15 is 0 Å². The number of carbonyl (C=O) groups is 3. The van der Waals surface area contributed by atoms with Crippen molar-refractivity contribution in [2.75, 3.05) is 7.11 Å². The van der Waals surface area contributed by atoms with Crippen molar-refractivity contribution in [1.29, 1.82) is 5.26 Å². The molecule has 0 aliphatic heterocycles. The summed E-state index contributed by atoms with van der Waals surface area (Å²) in [5, 5.41) is 9.10. The number of benzene rings is 2. The molecular formula is C27H20F3N3O5. The van der Waals surface area contributed by atoms with Gasteiger partial charge < -0.3 is 19.8 Å². The summed E-state index contributed by atoms with van der Waals surface area (Å²) in [4.78, 5) is 36.5. The Morgan fingerprint density at radius 1 is 1.11 bits per heavy atom. The number of esters is 1. The smallest absolute Gasteiger partial charge is 0.417 e. The standard InChI is InChI=1S/C27H20F3N3O5/c1-14-9-20-21(24(34)25(32)35)13-33(23(20)11-19(14)26(36)37-2)16-3-5-17(6-4-16)38-18-7-8-22(27(28,29)30)15(10-18)12-31/h3-8,10-11,13-14H,9H2,1-2H3,(H2,32,35). The Balaban J connectivity index is 1.71. The van der Waals surface area contributed by atoms with Crippen molar-refractivity contribution < 1.29 is 37.0 Å². The Morgan fingerprint density at radius 2 is 1.76 bits per heavy atom. The highest BCUT2D eigenvalue weighted by molar-refractivity contribution is 6.42. The van der Waals surface area contributed by atoms with E-state index in [9.17, 15) is 27.6 Å². The van der Waals surface area contributed by atoms with Gasteiger partial charge in [-0.05, 0) is 66.4 Å². The maximum absolute atomic E-state index is 13.1. The summed E-state index contributed by atoms with van der Waals surface area (Å²) >= 11 is 0. The van der Waals surface area contributed by atoms with Crippen molar-refractivity contribution in [2.24, 2.45) is 11.7 Å². The summed E-state index contributed by atoms with van der Waals surface area (Å²) in [5.41, 5.74) is 5.73. The minimum absolute atomic E-state index is 0.0367. The van der Waals surface area contributed by atoms with E-state index < -0.39 is 35.0 Å². The van der Waals surface area contributed by atoms with Crippen LogP contribution in [-0.2, 0) is 26.9 Å². The average molecular weight is 523 g/mol. The predicted octanol–water partition coefficient (Wildman–Crippen LogP) is 4.58. The molecule has 1 aromatic heterocycles. The number of nitrogens with two attached hydrogens (primary N) is 1. The summed E-state index contributed by atoms with van der Waals surface area (Å²) < 4.78 is 51.3. The number of carbonyl (C=O) groups excluding carboxylic acids is 3. The van der Waals surface area contributed by atoms with Crippen molar-refractivity contribution in [2.45, 2.75) is 19.5 Å². The lowest BCUT2D eigenvalue weighted by Crippen LogP contribution is -2.25. The summed E-state index contributed by atoms with van der Waals surface area (Å²) in [6.45, 7) is 1.80. The van der Waals surface area contributed by atoms with Gasteiger partial charge in [0, 0.05) is 23.0 Å². The largest absolute Gasteiger partial charge is 0.466 e. The summed E-state index contributed by atoms with van der Waals surface area (Å²) in [7, 11) is 1.27. The topological polar surface area (TPSA) is 124 Å². The molecule has 2 aromatic carbocycles. The second kappa shape index (κ2) is 9.89. The third-order valence-electron chi connectivity index (χ3n) is 6.14. The van der Waals surface area contributed by atoms with Crippen molar-refractivity contribution in [3.8, 4) is 23.3 Å². The number of Topliss-reactive ketones (excluding diaryl/α,β-unsaturated/α-hetero) is 1. The molecule has 0 radical (unpaired) electrons. The summed E-state index contributed by atoms with van der Waals surface area (Å²) in [6, 6.07) is 10.7. The number of ether oxygens (including phenoxy) is 2. The van der Waals surface area contributed by atoms with Gasteiger partial charge in [0.2, 0.25) is 0 Å². The summed E-state index contributed by atoms with van der Waals surface area (Å²) in [6.07, 6.45) is -1.31. The second-order valence-corrected chi connectivity index (χ2v) is 8.58. The highest BCUT2D eigenvalue weighted by Gasteiger charge is 2.34. The zero-order chi connectivity index (χ0) is 27.8. The number of rotatable bonds is 6. The summed E-state index contributed by atoms with van der Waals surface area (Å²) in [5.74, 6) is -2.46. The monoisotopic (exact) mass is 523 g/mol. The fourth-order valence-electron chi connectivity index (χ4n) is 4.29. The van der Waals surface area contributed by atoms with Gasteiger partial charge in [0.15, 0.2) is 0 Å². The Bertz CT molecular complexity index is 1530. The molecular weight excluding hydrogens is 503 g/mol. The van der Waals surface area contributed by atoms with E-state index in [0.29, 0.717) is 28.9 Å². The van der Waals surface area contributed by atoms with Gasteiger partial charge in [-0.3, -0.25) is 9.59 Å². The first kappa shape index (κ1) is 26.2. The van der Waals surface area contributed by atoms with Gasteiger partial charge in [-0.15, -0.1) is 0 Å². The number of alkyl halides is 3. The first-order valence-electron chi connectivity index (χ1n) is 11.2. The van der Waals surface area contributed by atoms with E-state index in [4.69, 9.17) is 20.5 Å². The molecule has 0 bridgehead atoms. The van der Waals surface area contributed by atoms with Crippen LogP contribution in [0.1, 0.15) is 39.7 Å². The number of methoxy groups -OCH3 is 1. The number of nitrogens with zero attached hydrogens (tertiary/aromatic N) is 2. The number of hydrogen-bond acceptors (Lipinski definition) is 6. The first-order chi connectivity index (χ1) is 17.9. The van der Waals surface area contributed by atoms with Crippen LogP contribution in [0, 0.1) is 17.2 Å². The molecule has 1 heterocycles. The van der Waals surface area contributed by atoms with E-state index in [0.717, 1.165) is 18.2 Å². The maximum atomic E-state index is 13.1. The zero-order valence-corrected chi connectivity index (χ0v) is 20.1. The van der Waals surface area contributed by atoms with Gasteiger partial charge in [0.25, 0.3) is 11.7 Å². The van der Waals surface area contributed by atoms with Crippen molar-refractivity contribution in [3.63, 3.8) is 0 Å². The molecule has 4 rings (SSSR count). The molecule has 3 aromatic rings. The molecule has 38 heavy (non-hydrogen) atoms. The fraction of sp³-hybridized carbons (Fsp3) is 0.185. The number of nitriles is 1. The Kier molecular flexibility index (Phi) is 6.83. The van der Waals surface area contributed by atoms with Crippen LogP contribution in [0.3, 0.4) is 0 Å². The van der Waals surface area contributed by atoms with Gasteiger partial charge >= 0.3 is 12.1 Å². The van der Waals surface area contributed by atoms with E-state index in [-0.39, 0.29) is 23.0 Å². The highest BCUT2D eigenvalue weighted by atomic mass is 19.4. The van der Waals surface area contributed by atoms with E-state index in [2.05, 4.69) is 0 Å². The van der Waals surface area contributed by atoms with Crippen LogP contribution < -0.4 is 10.5 Å². The SMILES string of the molecule is COC(=O)C1=Cc2c(c(C(=O)C(N)=O)cn2-c2ccc(Oc3ccc(C(F)(F)F)c(C#N)c3)cc2)CC1C. The third kappa shape index (κ3) is 4.88. The quantitative estimate of drug-likeness (QED) is 0.287. The van der Waals surface area contributed by atoms with Crippen LogP contribution in [0.25, 0.3) is 11.8 Å². The van der Waals surface area contributed by atoms with Crippen LogP contribution in [-0.4, -0.2) is 29.3 Å². The minimum Gasteiger partial charge on any atom is -0.466 e.